The molecule has 2 rings (SSSR count). The van der Waals surface area contributed by atoms with Gasteiger partial charge >= 0.3 is 11.8 Å². The van der Waals surface area contributed by atoms with Crippen LogP contribution in [-0.4, -0.2) is 29.3 Å². The summed E-state index contributed by atoms with van der Waals surface area (Å²) in [5.41, 5.74) is 3.78. The molecule has 0 unspecified atom stereocenters. The molecule has 0 atom stereocenters. The first-order valence-corrected chi connectivity index (χ1v) is 8.71. The van der Waals surface area contributed by atoms with Crippen LogP contribution in [0, 0.1) is 0 Å². The molecule has 9 heteroatoms. The number of para-hydroxylation sites is 3. The molecule has 0 aliphatic rings. The van der Waals surface area contributed by atoms with E-state index in [4.69, 9.17) is 0 Å². The second-order valence-corrected chi connectivity index (χ2v) is 6.06. The van der Waals surface area contributed by atoms with Crippen LogP contribution in [0.15, 0.2) is 59.7 Å². The molecular weight excluding hydrogens is 374 g/mol. The van der Waals surface area contributed by atoms with Crippen LogP contribution in [0.25, 0.3) is 0 Å². The minimum absolute atomic E-state index is 0.116. The Kier molecular flexibility index (Phi) is 7.60. The fraction of sp³-hybridized carbons (Fsp3) is 0.150. The van der Waals surface area contributed by atoms with Gasteiger partial charge in [-0.15, -0.1) is 0 Å². The van der Waals surface area contributed by atoms with Crippen LogP contribution in [-0.2, 0) is 19.2 Å². The van der Waals surface area contributed by atoms with Crippen molar-refractivity contribution < 1.29 is 19.2 Å². The summed E-state index contributed by atoms with van der Waals surface area (Å²) in [6, 6.07) is 15.2. The third-order valence-corrected chi connectivity index (χ3v) is 3.51. The number of carbonyl (C=O) groups is 4. The van der Waals surface area contributed by atoms with Crippen molar-refractivity contribution in [2.75, 3.05) is 16.0 Å². The number of hydrogen-bond acceptors (Lipinski definition) is 5. The molecule has 0 saturated carbocycles. The van der Waals surface area contributed by atoms with Crippen LogP contribution in [0.3, 0.4) is 0 Å². The second-order valence-electron chi connectivity index (χ2n) is 6.06. The van der Waals surface area contributed by atoms with Crippen molar-refractivity contribution in [1.29, 1.82) is 0 Å². The monoisotopic (exact) mass is 395 g/mol. The standard InChI is InChI=1S/C20H21N5O4/c1-13(24-25-20(29)19(28)22-15-8-4-3-5-9-15)12-18(27)23-17-11-7-6-10-16(17)21-14(2)26/h3-11H,12H2,1-2H3,(H,21,26)(H,22,28)(H,23,27)(H,25,29). The maximum Gasteiger partial charge on any atom is 0.329 e. The van der Waals surface area contributed by atoms with Crippen LogP contribution < -0.4 is 21.4 Å². The SMILES string of the molecule is CC(=O)Nc1ccccc1NC(=O)CC(C)=NNC(=O)C(=O)Nc1ccccc1. The van der Waals surface area contributed by atoms with Gasteiger partial charge in [0.1, 0.15) is 0 Å². The summed E-state index contributed by atoms with van der Waals surface area (Å²) in [6.45, 7) is 2.90. The van der Waals surface area contributed by atoms with E-state index in [1.807, 2.05) is 0 Å². The maximum absolute atomic E-state index is 12.2. The summed E-state index contributed by atoms with van der Waals surface area (Å²) in [5, 5.41) is 11.5. The van der Waals surface area contributed by atoms with Crippen LogP contribution in [0.1, 0.15) is 20.3 Å². The Hall–Kier alpha value is -4.01. The second kappa shape index (κ2) is 10.4. The average Bonchev–Trinajstić information content (AvgIpc) is 2.68. The van der Waals surface area contributed by atoms with Crippen LogP contribution in [0.5, 0.6) is 0 Å². The summed E-state index contributed by atoms with van der Waals surface area (Å²) in [4.78, 5) is 47.0. The highest BCUT2D eigenvalue weighted by molar-refractivity contribution is 6.39. The van der Waals surface area contributed by atoms with Gasteiger partial charge in [-0.3, -0.25) is 19.2 Å². The van der Waals surface area contributed by atoms with Crippen molar-refractivity contribution in [2.24, 2.45) is 5.10 Å². The molecule has 0 heterocycles. The van der Waals surface area contributed by atoms with E-state index in [1.165, 1.54) is 13.8 Å². The number of benzene rings is 2. The summed E-state index contributed by atoms with van der Waals surface area (Å²) in [6.07, 6.45) is -0.116. The zero-order valence-electron chi connectivity index (χ0n) is 16.0. The van der Waals surface area contributed by atoms with Gasteiger partial charge in [0.15, 0.2) is 0 Å². The fourth-order valence-corrected chi connectivity index (χ4v) is 2.26. The first-order valence-electron chi connectivity index (χ1n) is 8.71. The molecular formula is C20H21N5O4. The van der Waals surface area contributed by atoms with Gasteiger partial charge in [0, 0.05) is 18.3 Å². The molecule has 0 aliphatic carbocycles. The van der Waals surface area contributed by atoms with Crippen molar-refractivity contribution in [2.45, 2.75) is 20.3 Å². The zero-order valence-corrected chi connectivity index (χ0v) is 16.0. The normalized spacial score (nSPS) is 10.6. The Morgan fingerprint density at radius 2 is 1.34 bits per heavy atom. The van der Waals surface area contributed by atoms with Gasteiger partial charge in [0.2, 0.25) is 11.8 Å². The van der Waals surface area contributed by atoms with Crippen molar-refractivity contribution in [3.63, 3.8) is 0 Å². The molecule has 29 heavy (non-hydrogen) atoms. The van der Waals surface area contributed by atoms with E-state index in [1.54, 1.807) is 54.6 Å². The number of nitrogens with one attached hydrogen (secondary N) is 4. The summed E-state index contributed by atoms with van der Waals surface area (Å²) in [5.74, 6) is -2.49. The Balaban J connectivity index is 1.87. The van der Waals surface area contributed by atoms with Gasteiger partial charge in [-0.1, -0.05) is 30.3 Å². The van der Waals surface area contributed by atoms with Crippen molar-refractivity contribution in [1.82, 2.24) is 5.43 Å². The molecule has 0 radical (unpaired) electrons. The molecule has 0 aliphatic heterocycles. The minimum Gasteiger partial charge on any atom is -0.325 e. The highest BCUT2D eigenvalue weighted by atomic mass is 16.2. The largest absolute Gasteiger partial charge is 0.329 e. The number of anilines is 3. The lowest BCUT2D eigenvalue weighted by Crippen LogP contribution is -2.33. The van der Waals surface area contributed by atoms with Gasteiger partial charge in [-0.25, -0.2) is 5.43 Å². The van der Waals surface area contributed by atoms with E-state index in [9.17, 15) is 19.2 Å². The maximum atomic E-state index is 12.2. The molecule has 9 nitrogen and oxygen atoms in total. The molecule has 150 valence electrons. The van der Waals surface area contributed by atoms with Crippen LogP contribution in [0.2, 0.25) is 0 Å². The van der Waals surface area contributed by atoms with E-state index in [-0.39, 0.29) is 12.3 Å². The lowest BCUT2D eigenvalue weighted by atomic mass is 10.2. The van der Waals surface area contributed by atoms with Crippen molar-refractivity contribution >= 4 is 46.4 Å². The quantitative estimate of drug-likeness (QED) is 0.339. The van der Waals surface area contributed by atoms with Crippen molar-refractivity contribution in [3.8, 4) is 0 Å². The molecule has 0 aromatic heterocycles. The third kappa shape index (κ3) is 7.25. The Morgan fingerprint density at radius 1 is 0.759 bits per heavy atom. The van der Waals surface area contributed by atoms with Crippen LogP contribution in [0.4, 0.5) is 17.1 Å². The number of hydrazone groups is 1. The van der Waals surface area contributed by atoms with Gasteiger partial charge in [-0.2, -0.15) is 5.10 Å². The summed E-state index contributed by atoms with van der Waals surface area (Å²) < 4.78 is 0. The van der Waals surface area contributed by atoms with E-state index in [0.29, 0.717) is 22.8 Å². The molecule has 4 N–H and O–H groups in total. The number of carbonyl (C=O) groups excluding carboxylic acids is 4. The molecule has 0 spiro atoms. The molecule has 0 fully saturated rings. The van der Waals surface area contributed by atoms with Crippen LogP contribution >= 0.6 is 0 Å². The van der Waals surface area contributed by atoms with Crippen molar-refractivity contribution in [3.05, 3.63) is 54.6 Å². The molecule has 2 aromatic rings. The average molecular weight is 395 g/mol. The molecule has 0 saturated heterocycles. The minimum atomic E-state index is -0.954. The first kappa shape index (κ1) is 21.3. The third-order valence-electron chi connectivity index (χ3n) is 3.51. The number of amides is 4. The Bertz CT molecular complexity index is 941. The Morgan fingerprint density at radius 3 is 1.97 bits per heavy atom. The van der Waals surface area contributed by atoms with E-state index in [2.05, 4.69) is 26.5 Å². The first-order chi connectivity index (χ1) is 13.8. The Labute approximate surface area is 167 Å². The van der Waals surface area contributed by atoms with Gasteiger partial charge in [0.25, 0.3) is 0 Å². The summed E-state index contributed by atoms with van der Waals surface area (Å²) >= 11 is 0. The highest BCUT2D eigenvalue weighted by Crippen LogP contribution is 2.21. The van der Waals surface area contributed by atoms with E-state index >= 15 is 0 Å². The smallest absolute Gasteiger partial charge is 0.325 e. The number of rotatable bonds is 6. The lowest BCUT2D eigenvalue weighted by molar-refractivity contribution is -0.136. The predicted molar refractivity (Wildman–Crippen MR) is 110 cm³/mol. The zero-order chi connectivity index (χ0) is 21.2. The summed E-state index contributed by atoms with van der Waals surface area (Å²) in [7, 11) is 0. The highest BCUT2D eigenvalue weighted by Gasteiger charge is 2.14. The molecule has 2 aromatic carbocycles. The topological polar surface area (TPSA) is 129 Å². The van der Waals surface area contributed by atoms with E-state index in [0.717, 1.165) is 0 Å². The molecule has 4 amide bonds. The fourth-order valence-electron chi connectivity index (χ4n) is 2.26. The van der Waals surface area contributed by atoms with Gasteiger partial charge < -0.3 is 16.0 Å². The lowest BCUT2D eigenvalue weighted by Gasteiger charge is -2.11. The van der Waals surface area contributed by atoms with Gasteiger partial charge in [0.05, 0.1) is 17.8 Å². The predicted octanol–water partition coefficient (Wildman–Crippen LogP) is 2.10. The molecule has 0 bridgehead atoms. The van der Waals surface area contributed by atoms with Gasteiger partial charge in [-0.05, 0) is 31.2 Å². The number of hydrogen-bond donors (Lipinski definition) is 4. The van der Waals surface area contributed by atoms with E-state index < -0.39 is 17.7 Å². The number of nitrogens with zero attached hydrogens (tertiary/aromatic N) is 1.